The van der Waals surface area contributed by atoms with E-state index in [4.69, 9.17) is 21.0 Å². The number of hydrogen-bond acceptors (Lipinski definition) is 3. The van der Waals surface area contributed by atoms with Crippen LogP contribution in [-0.2, 0) is 4.84 Å². The first-order chi connectivity index (χ1) is 12.0. The monoisotopic (exact) mass is 379 g/mol. The summed E-state index contributed by atoms with van der Waals surface area (Å²) in [5.41, 5.74) is 13.8. The maximum atomic E-state index is 5.72. The lowest BCUT2D eigenvalue weighted by molar-refractivity contribution is 0.0739. The second-order valence-electron chi connectivity index (χ2n) is 5.74. The summed E-state index contributed by atoms with van der Waals surface area (Å²) in [4.78, 5) is 13.1. The zero-order valence-electron chi connectivity index (χ0n) is 15.0. The van der Waals surface area contributed by atoms with Crippen LogP contribution in [0.5, 0.6) is 5.75 Å². The third kappa shape index (κ3) is 7.58. The molecule has 0 saturated carbocycles. The van der Waals surface area contributed by atoms with Gasteiger partial charge in [-0.2, -0.15) is 4.99 Å². The van der Waals surface area contributed by atoms with E-state index < -0.39 is 0 Å². The van der Waals surface area contributed by atoms with Crippen molar-refractivity contribution in [2.75, 3.05) is 13.2 Å². The lowest BCUT2D eigenvalue weighted by Gasteiger charge is -2.08. The molecule has 26 heavy (non-hydrogen) atoms. The number of hydrogen-bond donors (Lipinski definition) is 3. The maximum absolute atomic E-state index is 5.72. The van der Waals surface area contributed by atoms with E-state index in [2.05, 4.69) is 27.6 Å². The van der Waals surface area contributed by atoms with E-state index in [0.717, 1.165) is 11.1 Å². The molecular formula is C18H26ClN5O2. The molecule has 0 aliphatic carbocycles. The van der Waals surface area contributed by atoms with Crippen LogP contribution >= 0.6 is 12.4 Å². The highest BCUT2D eigenvalue weighted by molar-refractivity contribution is 5.92. The fraction of sp³-hybridized carbons (Fsp3) is 0.333. The first-order valence-electron chi connectivity index (χ1n) is 8.21. The van der Waals surface area contributed by atoms with Gasteiger partial charge in [0.2, 0.25) is 11.9 Å². The molecule has 0 aliphatic heterocycles. The molecule has 8 heteroatoms. The van der Waals surface area contributed by atoms with Crippen molar-refractivity contribution in [3.63, 3.8) is 0 Å². The molecule has 7 nitrogen and oxygen atoms in total. The third-order valence-corrected chi connectivity index (χ3v) is 3.18. The van der Waals surface area contributed by atoms with Crippen molar-refractivity contribution >= 4 is 35.1 Å². The van der Waals surface area contributed by atoms with Crippen LogP contribution in [0, 0.1) is 0 Å². The van der Waals surface area contributed by atoms with Crippen molar-refractivity contribution in [2.45, 2.75) is 26.3 Å². The second kappa shape index (κ2) is 11.2. The van der Waals surface area contributed by atoms with Gasteiger partial charge in [0.1, 0.15) is 5.75 Å². The van der Waals surface area contributed by atoms with E-state index in [9.17, 15) is 0 Å². The highest BCUT2D eigenvalue weighted by Gasteiger charge is 1.99. The lowest BCUT2D eigenvalue weighted by Crippen LogP contribution is -2.34. The zero-order valence-corrected chi connectivity index (χ0v) is 15.8. The second-order valence-corrected chi connectivity index (χ2v) is 5.74. The SMILES string of the molecule is CC(C)N=C(N)N=C(N)NOCCCOc1ccc2ccccc2c1.Cl. The Bertz CT molecular complexity index is 749. The van der Waals surface area contributed by atoms with Gasteiger partial charge in [0.15, 0.2) is 0 Å². The number of guanidine groups is 2. The average Bonchev–Trinajstić information content (AvgIpc) is 2.57. The smallest absolute Gasteiger partial charge is 0.221 e. The van der Waals surface area contributed by atoms with Crippen LogP contribution in [0.3, 0.4) is 0 Å². The van der Waals surface area contributed by atoms with Crippen molar-refractivity contribution in [1.29, 1.82) is 0 Å². The summed E-state index contributed by atoms with van der Waals surface area (Å²) in [5, 5.41) is 2.35. The standard InChI is InChI=1S/C18H25N5O2.ClH/c1-13(2)21-17(19)22-18(20)23-25-11-5-10-24-16-9-8-14-6-3-4-7-15(14)12-16;/h3-4,6-9,12-13H,5,10-11H2,1-2H3,(H5,19,20,21,22,23);1H. The van der Waals surface area contributed by atoms with Gasteiger partial charge in [-0.3, -0.25) is 4.84 Å². The first kappa shape index (κ1) is 21.5. The maximum Gasteiger partial charge on any atom is 0.221 e. The molecule has 0 heterocycles. The molecule has 0 saturated heterocycles. The Labute approximate surface area is 159 Å². The molecule has 0 atom stereocenters. The summed E-state index contributed by atoms with van der Waals surface area (Å²) in [6, 6.07) is 14.3. The van der Waals surface area contributed by atoms with Gasteiger partial charge in [-0.05, 0) is 36.8 Å². The van der Waals surface area contributed by atoms with Crippen molar-refractivity contribution in [3.05, 3.63) is 42.5 Å². The molecule has 0 bridgehead atoms. The van der Waals surface area contributed by atoms with E-state index in [1.54, 1.807) is 0 Å². The summed E-state index contributed by atoms with van der Waals surface area (Å²) in [5.74, 6) is 1.02. The minimum Gasteiger partial charge on any atom is -0.493 e. The molecule has 0 aromatic heterocycles. The number of halogens is 1. The Morgan fingerprint density at radius 3 is 2.54 bits per heavy atom. The number of aliphatic imine (C=N–C) groups is 2. The highest BCUT2D eigenvalue weighted by atomic mass is 35.5. The summed E-state index contributed by atoms with van der Waals surface area (Å²) < 4.78 is 5.72. The fourth-order valence-corrected chi connectivity index (χ4v) is 2.14. The number of nitrogens with one attached hydrogen (secondary N) is 1. The number of nitrogens with two attached hydrogens (primary N) is 2. The predicted molar refractivity (Wildman–Crippen MR) is 109 cm³/mol. The van der Waals surface area contributed by atoms with E-state index >= 15 is 0 Å². The Morgan fingerprint density at radius 1 is 1.08 bits per heavy atom. The summed E-state index contributed by atoms with van der Waals surface area (Å²) in [6.07, 6.45) is 0.697. The predicted octanol–water partition coefficient (Wildman–Crippen LogP) is 2.59. The summed E-state index contributed by atoms with van der Waals surface area (Å²) in [7, 11) is 0. The van der Waals surface area contributed by atoms with Gasteiger partial charge >= 0.3 is 0 Å². The van der Waals surface area contributed by atoms with E-state index in [1.807, 2.05) is 44.2 Å². The third-order valence-electron chi connectivity index (χ3n) is 3.18. The molecule has 2 aromatic carbocycles. The molecule has 142 valence electrons. The van der Waals surface area contributed by atoms with E-state index in [1.165, 1.54) is 5.39 Å². The van der Waals surface area contributed by atoms with Crippen molar-refractivity contribution in [2.24, 2.45) is 21.5 Å². The Morgan fingerprint density at radius 2 is 1.81 bits per heavy atom. The highest BCUT2D eigenvalue weighted by Crippen LogP contribution is 2.20. The summed E-state index contributed by atoms with van der Waals surface area (Å²) in [6.45, 7) is 4.76. The molecule has 0 aliphatic rings. The van der Waals surface area contributed by atoms with Crippen molar-refractivity contribution in [3.8, 4) is 5.75 Å². The molecule has 0 amide bonds. The number of hydroxylamine groups is 1. The minimum absolute atomic E-state index is 0. The van der Waals surface area contributed by atoms with Crippen LogP contribution < -0.4 is 21.7 Å². The number of fused-ring (bicyclic) bond motifs is 1. The molecule has 0 radical (unpaired) electrons. The molecule has 0 fully saturated rings. The average molecular weight is 380 g/mol. The van der Waals surface area contributed by atoms with Crippen LogP contribution in [-0.4, -0.2) is 31.2 Å². The van der Waals surface area contributed by atoms with Crippen LogP contribution in [0.2, 0.25) is 0 Å². The largest absolute Gasteiger partial charge is 0.493 e. The molecule has 2 rings (SSSR count). The topological polar surface area (TPSA) is 107 Å². The van der Waals surface area contributed by atoms with Crippen molar-refractivity contribution in [1.82, 2.24) is 5.48 Å². The molecule has 2 aromatic rings. The van der Waals surface area contributed by atoms with Crippen molar-refractivity contribution < 1.29 is 9.57 Å². The Hall–Kier alpha value is -2.51. The first-order valence-corrected chi connectivity index (χ1v) is 8.21. The molecule has 0 spiro atoms. The van der Waals surface area contributed by atoms with Crippen LogP contribution in [0.4, 0.5) is 0 Å². The Kier molecular flexibility index (Phi) is 9.25. The number of nitrogens with zero attached hydrogens (tertiary/aromatic N) is 2. The Balaban J connectivity index is 0.00000338. The molecule has 0 unspecified atom stereocenters. The minimum atomic E-state index is 0. The van der Waals surface area contributed by atoms with E-state index in [-0.39, 0.29) is 30.4 Å². The number of ether oxygens (including phenoxy) is 1. The molecular weight excluding hydrogens is 354 g/mol. The van der Waals surface area contributed by atoms with Crippen LogP contribution in [0.15, 0.2) is 52.4 Å². The van der Waals surface area contributed by atoms with Crippen LogP contribution in [0.25, 0.3) is 10.8 Å². The van der Waals surface area contributed by atoms with Gasteiger partial charge < -0.3 is 16.2 Å². The lowest BCUT2D eigenvalue weighted by atomic mass is 10.1. The summed E-state index contributed by atoms with van der Waals surface area (Å²) >= 11 is 0. The molecule has 5 N–H and O–H groups in total. The van der Waals surface area contributed by atoms with Crippen LogP contribution in [0.1, 0.15) is 20.3 Å². The van der Waals surface area contributed by atoms with E-state index in [0.29, 0.717) is 19.6 Å². The van der Waals surface area contributed by atoms with Gasteiger partial charge in [-0.15, -0.1) is 12.4 Å². The normalized spacial score (nSPS) is 12.1. The quantitative estimate of drug-likeness (QED) is 0.296. The van der Waals surface area contributed by atoms with Gasteiger partial charge in [-0.1, -0.05) is 30.3 Å². The fourth-order valence-electron chi connectivity index (χ4n) is 2.14. The number of rotatable bonds is 7. The number of benzene rings is 2. The van der Waals surface area contributed by atoms with Gasteiger partial charge in [0.05, 0.1) is 13.2 Å². The zero-order chi connectivity index (χ0) is 18.1. The van der Waals surface area contributed by atoms with Gasteiger partial charge in [0, 0.05) is 12.5 Å². The van der Waals surface area contributed by atoms with Gasteiger partial charge in [0.25, 0.3) is 0 Å². The van der Waals surface area contributed by atoms with Gasteiger partial charge in [-0.25, -0.2) is 10.5 Å².